The van der Waals surface area contributed by atoms with Crippen molar-refractivity contribution in [1.29, 1.82) is 0 Å². The highest BCUT2D eigenvalue weighted by Gasteiger charge is 2.46. The van der Waals surface area contributed by atoms with Gasteiger partial charge in [-0.1, -0.05) is 6.92 Å². The number of aryl methyl sites for hydroxylation is 1. The second-order valence-electron chi connectivity index (χ2n) is 10.1. The SMILES string of the molecule is CC[C@@]1(O)C(=O)OCc2c1cc1n(c2=O)Cc2c-1nc1cc(F)c(C)c3c1c2[C@H]([C@H](N)CCO)CC3.Cl. The molecule has 196 valence electrons. The molecule has 6 rings (SSSR count). The number of esters is 1. The molecule has 0 saturated carbocycles. The van der Waals surface area contributed by atoms with E-state index in [4.69, 9.17) is 15.5 Å². The minimum atomic E-state index is -1.92. The van der Waals surface area contributed by atoms with Crippen molar-refractivity contribution in [2.24, 2.45) is 5.73 Å². The number of pyridine rings is 2. The lowest BCUT2D eigenvalue weighted by molar-refractivity contribution is -0.172. The molecule has 1 aromatic carbocycles. The first-order chi connectivity index (χ1) is 17.2. The van der Waals surface area contributed by atoms with Crippen molar-refractivity contribution < 1.29 is 24.1 Å². The molecule has 10 heteroatoms. The van der Waals surface area contributed by atoms with Gasteiger partial charge in [0.25, 0.3) is 5.56 Å². The molecule has 0 spiro atoms. The summed E-state index contributed by atoms with van der Waals surface area (Å²) >= 11 is 0. The molecule has 0 unspecified atom stereocenters. The Labute approximate surface area is 218 Å². The summed E-state index contributed by atoms with van der Waals surface area (Å²) in [4.78, 5) is 30.9. The normalized spacial score (nSPS) is 22.1. The van der Waals surface area contributed by atoms with Gasteiger partial charge in [0.1, 0.15) is 12.4 Å². The van der Waals surface area contributed by atoms with Crippen LogP contribution in [0.25, 0.3) is 22.3 Å². The first-order valence-electron chi connectivity index (χ1n) is 12.4. The van der Waals surface area contributed by atoms with E-state index in [1.54, 1.807) is 24.5 Å². The molecule has 2 aromatic heterocycles. The van der Waals surface area contributed by atoms with Gasteiger partial charge in [-0.15, -0.1) is 12.4 Å². The van der Waals surface area contributed by atoms with Crippen molar-refractivity contribution >= 4 is 29.3 Å². The summed E-state index contributed by atoms with van der Waals surface area (Å²) < 4.78 is 21.7. The number of rotatable bonds is 4. The monoisotopic (exact) mass is 529 g/mol. The molecule has 0 amide bonds. The summed E-state index contributed by atoms with van der Waals surface area (Å²) in [5, 5.41) is 21.6. The Balaban J connectivity index is 0.00000280. The van der Waals surface area contributed by atoms with E-state index < -0.39 is 11.6 Å². The number of cyclic esters (lactones) is 1. The van der Waals surface area contributed by atoms with Gasteiger partial charge in [-0.3, -0.25) is 4.79 Å². The molecule has 0 radical (unpaired) electrons. The van der Waals surface area contributed by atoms with Crippen LogP contribution in [-0.4, -0.2) is 38.4 Å². The number of halogens is 2. The minimum absolute atomic E-state index is 0. The topological polar surface area (TPSA) is 128 Å². The predicted molar refractivity (Wildman–Crippen MR) is 137 cm³/mol. The van der Waals surface area contributed by atoms with Crippen LogP contribution in [0.3, 0.4) is 0 Å². The highest BCUT2D eigenvalue weighted by Crippen LogP contribution is 2.47. The average Bonchev–Trinajstić information content (AvgIpc) is 3.24. The maximum atomic E-state index is 14.9. The maximum Gasteiger partial charge on any atom is 0.343 e. The van der Waals surface area contributed by atoms with E-state index in [-0.39, 0.29) is 73.0 Å². The lowest BCUT2D eigenvalue weighted by Crippen LogP contribution is -2.44. The van der Waals surface area contributed by atoms with Crippen LogP contribution in [0.15, 0.2) is 16.9 Å². The third-order valence-electron chi connectivity index (χ3n) is 8.40. The zero-order chi connectivity index (χ0) is 25.5. The fourth-order valence-electron chi connectivity index (χ4n) is 6.37. The molecule has 0 fully saturated rings. The maximum absolute atomic E-state index is 14.9. The Morgan fingerprint density at radius 2 is 2.05 bits per heavy atom. The van der Waals surface area contributed by atoms with Gasteiger partial charge in [0.05, 0.1) is 29.0 Å². The number of benzene rings is 1. The van der Waals surface area contributed by atoms with Gasteiger partial charge >= 0.3 is 5.97 Å². The number of hydrogen-bond donors (Lipinski definition) is 3. The second-order valence-corrected chi connectivity index (χ2v) is 10.1. The number of aliphatic hydroxyl groups is 2. The smallest absolute Gasteiger partial charge is 0.343 e. The number of aromatic nitrogens is 2. The Hall–Kier alpha value is -2.85. The van der Waals surface area contributed by atoms with Crippen LogP contribution >= 0.6 is 12.4 Å². The van der Waals surface area contributed by atoms with E-state index in [1.807, 2.05) is 0 Å². The molecule has 4 N–H and O–H groups in total. The summed E-state index contributed by atoms with van der Waals surface area (Å²) in [5.74, 6) is -1.21. The summed E-state index contributed by atoms with van der Waals surface area (Å²) in [6.45, 7) is 3.44. The van der Waals surface area contributed by atoms with Crippen molar-refractivity contribution in [1.82, 2.24) is 9.55 Å². The van der Waals surface area contributed by atoms with E-state index >= 15 is 0 Å². The van der Waals surface area contributed by atoms with Crippen LogP contribution in [-0.2, 0) is 34.7 Å². The van der Waals surface area contributed by atoms with E-state index in [9.17, 15) is 24.2 Å². The minimum Gasteiger partial charge on any atom is -0.458 e. The molecule has 4 heterocycles. The lowest BCUT2D eigenvalue weighted by Gasteiger charge is -2.32. The zero-order valence-corrected chi connectivity index (χ0v) is 21.5. The van der Waals surface area contributed by atoms with Crippen molar-refractivity contribution in [3.8, 4) is 11.4 Å². The number of nitrogens with two attached hydrogens (primary N) is 1. The number of ether oxygens (including phenoxy) is 1. The highest BCUT2D eigenvalue weighted by atomic mass is 35.5. The Kier molecular flexibility index (Phi) is 6.18. The van der Waals surface area contributed by atoms with Gasteiger partial charge in [-0.25, -0.2) is 14.2 Å². The quantitative estimate of drug-likeness (QED) is 0.347. The third-order valence-corrected chi connectivity index (χ3v) is 8.40. The zero-order valence-electron chi connectivity index (χ0n) is 20.6. The third kappa shape index (κ3) is 3.41. The molecule has 3 aliphatic rings. The Morgan fingerprint density at radius 3 is 2.76 bits per heavy atom. The van der Waals surface area contributed by atoms with Gasteiger partial charge in [-0.05, 0) is 55.4 Å². The predicted octanol–water partition coefficient (Wildman–Crippen LogP) is 2.69. The highest BCUT2D eigenvalue weighted by molar-refractivity contribution is 5.93. The summed E-state index contributed by atoms with van der Waals surface area (Å²) in [6, 6.07) is 2.78. The molecule has 8 nitrogen and oxygen atoms in total. The van der Waals surface area contributed by atoms with Crippen LogP contribution in [0.5, 0.6) is 0 Å². The van der Waals surface area contributed by atoms with Gasteiger partial charge in [0, 0.05) is 41.1 Å². The Bertz CT molecular complexity index is 1540. The van der Waals surface area contributed by atoms with Crippen LogP contribution in [0.1, 0.15) is 65.5 Å². The lowest BCUT2D eigenvalue weighted by atomic mass is 9.74. The van der Waals surface area contributed by atoms with E-state index in [0.29, 0.717) is 41.7 Å². The van der Waals surface area contributed by atoms with Crippen LogP contribution in [0, 0.1) is 12.7 Å². The number of nitrogens with zero attached hydrogens (tertiary/aromatic N) is 2. The number of carbonyl (C=O) groups is 1. The first-order valence-corrected chi connectivity index (χ1v) is 12.4. The second kappa shape index (κ2) is 8.87. The molecular weight excluding hydrogens is 501 g/mol. The Morgan fingerprint density at radius 1 is 1.30 bits per heavy atom. The summed E-state index contributed by atoms with van der Waals surface area (Å²) in [6.07, 6.45) is 1.82. The summed E-state index contributed by atoms with van der Waals surface area (Å²) in [7, 11) is 0. The van der Waals surface area contributed by atoms with Crippen molar-refractivity contribution in [3.63, 3.8) is 0 Å². The van der Waals surface area contributed by atoms with Gasteiger partial charge in [-0.2, -0.15) is 0 Å². The van der Waals surface area contributed by atoms with Crippen molar-refractivity contribution in [2.75, 3.05) is 6.61 Å². The van der Waals surface area contributed by atoms with Gasteiger partial charge in [0.2, 0.25) is 0 Å². The molecular formula is C27H29ClFN3O5. The van der Waals surface area contributed by atoms with Crippen LogP contribution in [0.4, 0.5) is 4.39 Å². The number of carbonyl (C=O) groups excluding carboxylic acids is 1. The first kappa shape index (κ1) is 25.8. The van der Waals surface area contributed by atoms with Crippen molar-refractivity contribution in [2.45, 2.75) is 70.2 Å². The molecule has 3 atom stereocenters. The number of aliphatic hydroxyl groups excluding tert-OH is 1. The fraction of sp³-hybridized carbons (Fsp3) is 0.444. The van der Waals surface area contributed by atoms with E-state index in [1.165, 1.54) is 6.07 Å². The standard InChI is InChI=1S/C27H28FN3O5.ClH/c1-3-27(35)17-8-21-24-15(10-31(21)25(33)16(17)11-36-26(27)34)22-14(19(29)6-7-32)5-4-13-12(2)18(28)9-20(30-24)23(13)22;/h8-9,14,19,32,35H,3-7,10-11,29H2,1-2H3;1H/t14-,19+,27-;/m0./s1. The number of fused-ring (bicyclic) bond motifs is 5. The van der Waals surface area contributed by atoms with Gasteiger partial charge in [0.15, 0.2) is 5.60 Å². The molecule has 2 aliphatic heterocycles. The summed E-state index contributed by atoms with van der Waals surface area (Å²) in [5.41, 5.74) is 9.59. The number of hydrogen-bond acceptors (Lipinski definition) is 7. The average molecular weight is 530 g/mol. The fourth-order valence-corrected chi connectivity index (χ4v) is 6.37. The van der Waals surface area contributed by atoms with Crippen molar-refractivity contribution in [3.05, 3.63) is 61.7 Å². The largest absolute Gasteiger partial charge is 0.458 e. The molecule has 37 heavy (non-hydrogen) atoms. The molecule has 3 aromatic rings. The molecule has 1 aliphatic carbocycles. The molecule has 0 saturated heterocycles. The van der Waals surface area contributed by atoms with Gasteiger partial charge < -0.3 is 25.3 Å². The van der Waals surface area contributed by atoms with Crippen LogP contribution in [0.2, 0.25) is 0 Å². The van der Waals surface area contributed by atoms with Crippen LogP contribution < -0.4 is 11.3 Å². The van der Waals surface area contributed by atoms with E-state index in [0.717, 1.165) is 22.1 Å². The molecule has 0 bridgehead atoms. The van der Waals surface area contributed by atoms with E-state index in [2.05, 4.69) is 0 Å².